The molecule has 0 aliphatic heterocycles. The van der Waals surface area contributed by atoms with Crippen LogP contribution in [0.25, 0.3) is 0 Å². The number of phenolic OH excluding ortho intramolecular Hbond substituents is 1. The molecule has 104 valence electrons. The van der Waals surface area contributed by atoms with Gasteiger partial charge in [-0.25, -0.2) is 15.4 Å². The van der Waals surface area contributed by atoms with Gasteiger partial charge in [0.25, 0.3) is 0 Å². The van der Waals surface area contributed by atoms with Crippen molar-refractivity contribution in [3.63, 3.8) is 0 Å². The lowest BCUT2D eigenvalue weighted by Gasteiger charge is -2.03. The van der Waals surface area contributed by atoms with Gasteiger partial charge >= 0.3 is 0 Å². The second kappa shape index (κ2) is 6.32. The predicted octanol–water partition coefficient (Wildman–Crippen LogP) is 3.77. The molecule has 2 N–H and O–H groups in total. The minimum absolute atomic E-state index is 0.160. The Balaban J connectivity index is 2.14. The van der Waals surface area contributed by atoms with Crippen LogP contribution in [0.3, 0.4) is 0 Å². The molecule has 0 spiro atoms. The van der Waals surface area contributed by atoms with Crippen molar-refractivity contribution in [2.24, 2.45) is 5.10 Å². The van der Waals surface area contributed by atoms with Crippen molar-refractivity contribution in [3.8, 4) is 5.75 Å². The Bertz CT molecular complexity index is 630. The van der Waals surface area contributed by atoms with Gasteiger partial charge in [-0.1, -0.05) is 0 Å². The average molecular weight is 400 g/mol. The van der Waals surface area contributed by atoms with Crippen LogP contribution in [0, 0.1) is 13.8 Å². The third-order valence-electron chi connectivity index (χ3n) is 2.40. The minimum atomic E-state index is 0.160. The van der Waals surface area contributed by atoms with E-state index in [1.165, 1.54) is 0 Å². The van der Waals surface area contributed by atoms with Gasteiger partial charge in [-0.05, 0) is 69.5 Å². The molecule has 0 bridgehead atoms. The fourth-order valence-corrected chi connectivity index (χ4v) is 2.82. The summed E-state index contributed by atoms with van der Waals surface area (Å²) in [5.74, 6) is 0.614. The molecule has 0 saturated heterocycles. The average Bonchev–Trinajstić information content (AvgIpc) is 2.34. The summed E-state index contributed by atoms with van der Waals surface area (Å²) in [7, 11) is 0. The second-order valence-electron chi connectivity index (χ2n) is 4.18. The molecule has 5 nitrogen and oxygen atoms in total. The van der Waals surface area contributed by atoms with E-state index in [1.54, 1.807) is 18.3 Å². The minimum Gasteiger partial charge on any atom is -0.506 e. The van der Waals surface area contributed by atoms with Gasteiger partial charge in [-0.3, -0.25) is 0 Å². The standard InChI is InChI=1S/C13H12Br2N4O/c1-7-3-8(2)18-13(17-7)19-16-6-9-4-10(14)12(20)11(15)5-9/h3-6,20H,1-2H3,(H,17,18,19). The third kappa shape index (κ3) is 3.77. The van der Waals surface area contributed by atoms with Crippen LogP contribution in [0.1, 0.15) is 17.0 Å². The fraction of sp³-hybridized carbons (Fsp3) is 0.154. The summed E-state index contributed by atoms with van der Waals surface area (Å²) in [5.41, 5.74) is 5.36. The number of aromatic nitrogens is 2. The molecule has 1 aromatic carbocycles. The first-order valence-corrected chi connectivity index (χ1v) is 7.33. The van der Waals surface area contributed by atoms with E-state index in [9.17, 15) is 5.11 Å². The number of hydrogen-bond acceptors (Lipinski definition) is 5. The van der Waals surface area contributed by atoms with Gasteiger partial charge in [0.05, 0.1) is 15.2 Å². The number of benzene rings is 1. The number of nitrogens with one attached hydrogen (secondary N) is 1. The molecule has 1 aromatic heterocycles. The van der Waals surface area contributed by atoms with E-state index in [1.807, 2.05) is 19.9 Å². The van der Waals surface area contributed by atoms with Crippen molar-refractivity contribution in [2.45, 2.75) is 13.8 Å². The SMILES string of the molecule is Cc1cc(C)nc(NN=Cc2cc(Br)c(O)c(Br)c2)n1. The zero-order valence-electron chi connectivity index (χ0n) is 10.9. The van der Waals surface area contributed by atoms with E-state index in [0.29, 0.717) is 14.9 Å². The Kier molecular flexibility index (Phi) is 4.72. The maximum atomic E-state index is 9.62. The van der Waals surface area contributed by atoms with E-state index in [4.69, 9.17) is 0 Å². The Hall–Kier alpha value is -1.47. The molecular formula is C13H12Br2N4O. The summed E-state index contributed by atoms with van der Waals surface area (Å²) < 4.78 is 1.19. The highest BCUT2D eigenvalue weighted by atomic mass is 79.9. The number of rotatable bonds is 3. The van der Waals surface area contributed by atoms with Crippen LogP contribution in [0.5, 0.6) is 5.75 Å². The van der Waals surface area contributed by atoms with Gasteiger partial charge in [-0.2, -0.15) is 5.10 Å². The van der Waals surface area contributed by atoms with Gasteiger partial charge in [0.15, 0.2) is 0 Å². The smallest absolute Gasteiger partial charge is 0.243 e. The first-order chi connectivity index (χ1) is 9.45. The number of hydrazone groups is 1. The predicted molar refractivity (Wildman–Crippen MR) is 86.2 cm³/mol. The summed E-state index contributed by atoms with van der Waals surface area (Å²) in [4.78, 5) is 8.44. The second-order valence-corrected chi connectivity index (χ2v) is 5.89. The molecule has 20 heavy (non-hydrogen) atoms. The van der Waals surface area contributed by atoms with Crippen molar-refractivity contribution in [1.82, 2.24) is 9.97 Å². The number of aryl methyl sites for hydroxylation is 2. The zero-order valence-corrected chi connectivity index (χ0v) is 14.0. The summed E-state index contributed by atoms with van der Waals surface area (Å²) in [6, 6.07) is 5.41. The summed E-state index contributed by atoms with van der Waals surface area (Å²) in [6.07, 6.45) is 1.62. The lowest BCUT2D eigenvalue weighted by molar-refractivity contribution is 0.468. The molecular weight excluding hydrogens is 388 g/mol. The van der Waals surface area contributed by atoms with Gasteiger partial charge in [0.1, 0.15) is 5.75 Å². The first-order valence-electron chi connectivity index (χ1n) is 5.75. The van der Waals surface area contributed by atoms with Crippen LogP contribution in [-0.2, 0) is 0 Å². The van der Waals surface area contributed by atoms with Gasteiger partial charge < -0.3 is 5.11 Å². The number of halogens is 2. The fourth-order valence-electron chi connectivity index (χ4n) is 1.60. The molecule has 0 fully saturated rings. The largest absolute Gasteiger partial charge is 0.506 e. The highest BCUT2D eigenvalue weighted by Crippen LogP contribution is 2.32. The van der Waals surface area contributed by atoms with Crippen LogP contribution in [0.4, 0.5) is 5.95 Å². The van der Waals surface area contributed by atoms with Crippen LogP contribution in [-0.4, -0.2) is 21.3 Å². The monoisotopic (exact) mass is 398 g/mol. The van der Waals surface area contributed by atoms with Gasteiger partial charge in [0.2, 0.25) is 5.95 Å². The Morgan fingerprint density at radius 1 is 1.10 bits per heavy atom. The first kappa shape index (κ1) is 14.9. The van der Waals surface area contributed by atoms with Crippen LogP contribution < -0.4 is 5.43 Å². The van der Waals surface area contributed by atoms with E-state index < -0.39 is 0 Å². The number of aromatic hydroxyl groups is 1. The number of anilines is 1. The number of nitrogens with zero attached hydrogens (tertiary/aromatic N) is 3. The Labute approximate surface area is 133 Å². The molecule has 2 aromatic rings. The third-order valence-corrected chi connectivity index (χ3v) is 3.61. The summed E-state index contributed by atoms with van der Waals surface area (Å²) in [5, 5.41) is 13.7. The molecule has 0 unspecified atom stereocenters. The summed E-state index contributed by atoms with van der Waals surface area (Å²) in [6.45, 7) is 3.80. The topological polar surface area (TPSA) is 70.4 Å². The maximum Gasteiger partial charge on any atom is 0.243 e. The normalized spacial score (nSPS) is 11.0. The molecule has 1 heterocycles. The zero-order chi connectivity index (χ0) is 14.7. The van der Waals surface area contributed by atoms with Crippen molar-refractivity contribution in [1.29, 1.82) is 0 Å². The lowest BCUT2D eigenvalue weighted by Crippen LogP contribution is -1.99. The molecule has 0 amide bonds. The maximum absolute atomic E-state index is 9.62. The van der Waals surface area contributed by atoms with Crippen LogP contribution in [0.2, 0.25) is 0 Å². The number of hydrogen-bond donors (Lipinski definition) is 2. The lowest BCUT2D eigenvalue weighted by atomic mass is 10.2. The van der Waals surface area contributed by atoms with Crippen LogP contribution in [0.15, 0.2) is 32.2 Å². The Morgan fingerprint density at radius 2 is 1.65 bits per heavy atom. The molecule has 0 aliphatic rings. The highest BCUT2D eigenvalue weighted by molar-refractivity contribution is 9.11. The van der Waals surface area contributed by atoms with E-state index in [0.717, 1.165) is 17.0 Å². The van der Waals surface area contributed by atoms with Crippen molar-refractivity contribution in [3.05, 3.63) is 44.1 Å². The molecule has 0 atom stereocenters. The van der Waals surface area contributed by atoms with Crippen molar-refractivity contribution in [2.75, 3.05) is 5.43 Å². The molecule has 0 aliphatic carbocycles. The Morgan fingerprint density at radius 3 is 2.20 bits per heavy atom. The van der Waals surface area contributed by atoms with Gasteiger partial charge in [0, 0.05) is 11.4 Å². The van der Waals surface area contributed by atoms with Crippen molar-refractivity contribution < 1.29 is 5.11 Å². The highest BCUT2D eigenvalue weighted by Gasteiger charge is 2.04. The molecule has 2 rings (SSSR count). The van der Waals surface area contributed by atoms with E-state index in [2.05, 4.69) is 52.4 Å². The quantitative estimate of drug-likeness (QED) is 0.608. The van der Waals surface area contributed by atoms with Crippen molar-refractivity contribution >= 4 is 44.0 Å². The molecule has 7 heteroatoms. The molecule has 0 radical (unpaired) electrons. The van der Waals surface area contributed by atoms with Gasteiger partial charge in [-0.15, -0.1) is 0 Å². The summed E-state index contributed by atoms with van der Waals surface area (Å²) >= 11 is 6.53. The van der Waals surface area contributed by atoms with E-state index in [-0.39, 0.29) is 5.75 Å². The number of phenols is 1. The van der Waals surface area contributed by atoms with E-state index >= 15 is 0 Å². The van der Waals surface area contributed by atoms with Crippen LogP contribution >= 0.6 is 31.9 Å². The molecule has 0 saturated carbocycles.